The second-order valence-corrected chi connectivity index (χ2v) is 3.64. The lowest BCUT2D eigenvalue weighted by Crippen LogP contribution is -2.21. The molecule has 0 fully saturated rings. The highest BCUT2D eigenvalue weighted by atomic mass is 16.5. The molecule has 0 heterocycles. The minimum Gasteiger partial charge on any atom is -0.466 e. The van der Waals surface area contributed by atoms with Crippen LogP contribution >= 0.6 is 0 Å². The zero-order valence-corrected chi connectivity index (χ0v) is 8.71. The highest BCUT2D eigenvalue weighted by molar-refractivity contribution is 5.95. The van der Waals surface area contributed by atoms with Crippen LogP contribution in [0.4, 0.5) is 0 Å². The molecule has 1 aliphatic rings. The Balaban J connectivity index is 2.47. The largest absolute Gasteiger partial charge is 0.466 e. The molecule has 14 heavy (non-hydrogen) atoms. The van der Waals surface area contributed by atoms with Gasteiger partial charge in [0.25, 0.3) is 0 Å². The van der Waals surface area contributed by atoms with Gasteiger partial charge in [0.2, 0.25) is 0 Å². The van der Waals surface area contributed by atoms with Crippen LogP contribution in [0, 0.1) is 5.92 Å². The topological polar surface area (TPSA) is 43.4 Å². The summed E-state index contributed by atoms with van der Waals surface area (Å²) in [5.74, 6) is -0.349. The van der Waals surface area contributed by atoms with Crippen molar-refractivity contribution < 1.29 is 14.3 Å². The van der Waals surface area contributed by atoms with Crippen LogP contribution in [0.5, 0.6) is 0 Å². The molecule has 0 aromatic heterocycles. The predicted molar refractivity (Wildman–Crippen MR) is 52.7 cm³/mol. The maximum atomic E-state index is 11.5. The number of rotatable bonds is 3. The summed E-state index contributed by atoms with van der Waals surface area (Å²) >= 11 is 0. The summed E-state index contributed by atoms with van der Waals surface area (Å²) in [4.78, 5) is 22.6. The van der Waals surface area contributed by atoms with Crippen LogP contribution in [0.2, 0.25) is 0 Å². The third-order valence-electron chi connectivity index (χ3n) is 2.40. The number of ether oxygens (including phenoxy) is 1. The molecule has 0 aliphatic heterocycles. The predicted octanol–water partition coefficient (Wildman–Crippen LogP) is 1.86. The normalized spacial score (nSPS) is 21.7. The van der Waals surface area contributed by atoms with E-state index in [-0.39, 0.29) is 24.1 Å². The van der Waals surface area contributed by atoms with Gasteiger partial charge in [-0.1, -0.05) is 5.57 Å². The first-order valence-corrected chi connectivity index (χ1v) is 5.00. The molecule has 0 aromatic rings. The van der Waals surface area contributed by atoms with E-state index in [1.807, 2.05) is 6.92 Å². The van der Waals surface area contributed by atoms with Crippen molar-refractivity contribution >= 4 is 11.8 Å². The molecule has 78 valence electrons. The van der Waals surface area contributed by atoms with E-state index in [4.69, 9.17) is 4.74 Å². The molecule has 1 aliphatic carbocycles. The Morgan fingerprint density at radius 1 is 1.64 bits per heavy atom. The van der Waals surface area contributed by atoms with Gasteiger partial charge in [0.15, 0.2) is 5.78 Å². The fourth-order valence-corrected chi connectivity index (χ4v) is 1.60. The van der Waals surface area contributed by atoms with Crippen LogP contribution in [-0.4, -0.2) is 18.4 Å². The summed E-state index contributed by atoms with van der Waals surface area (Å²) in [5, 5.41) is 0. The summed E-state index contributed by atoms with van der Waals surface area (Å²) in [6.07, 6.45) is 3.57. The maximum absolute atomic E-state index is 11.5. The lowest BCUT2D eigenvalue weighted by atomic mass is 9.87. The molecule has 1 rings (SSSR count). The molecule has 3 nitrogen and oxygen atoms in total. The summed E-state index contributed by atoms with van der Waals surface area (Å²) in [6.45, 7) is 4.09. The first kappa shape index (κ1) is 11.0. The van der Waals surface area contributed by atoms with Crippen molar-refractivity contribution in [3.63, 3.8) is 0 Å². The summed E-state index contributed by atoms with van der Waals surface area (Å²) in [5.41, 5.74) is 1.11. The fraction of sp³-hybridized carbons (Fsp3) is 0.636. The van der Waals surface area contributed by atoms with Gasteiger partial charge in [0.05, 0.1) is 13.0 Å². The molecule has 1 atom stereocenters. The zero-order chi connectivity index (χ0) is 10.6. The Morgan fingerprint density at radius 2 is 2.36 bits per heavy atom. The van der Waals surface area contributed by atoms with Crippen molar-refractivity contribution in [3.8, 4) is 0 Å². The summed E-state index contributed by atoms with van der Waals surface area (Å²) in [6, 6.07) is 0. The number of allylic oxidation sites excluding steroid dienone is 2. The minimum absolute atomic E-state index is 0.0711. The lowest BCUT2D eigenvalue weighted by molar-refractivity contribution is -0.145. The minimum atomic E-state index is -0.265. The Bertz CT molecular complexity index is 266. The quantitative estimate of drug-likeness (QED) is 0.647. The van der Waals surface area contributed by atoms with Gasteiger partial charge < -0.3 is 4.74 Å². The van der Waals surface area contributed by atoms with Gasteiger partial charge in [-0.05, 0) is 32.8 Å². The van der Waals surface area contributed by atoms with Crippen LogP contribution in [0.15, 0.2) is 11.6 Å². The molecule has 0 saturated carbocycles. The fourth-order valence-electron chi connectivity index (χ4n) is 1.60. The SMILES string of the molecule is CCOC(=O)CC1CCC(C)=CC1=O. The summed E-state index contributed by atoms with van der Waals surface area (Å²) < 4.78 is 4.81. The Kier molecular flexibility index (Phi) is 3.86. The first-order valence-electron chi connectivity index (χ1n) is 5.00. The van der Waals surface area contributed by atoms with Gasteiger partial charge in [0, 0.05) is 5.92 Å². The van der Waals surface area contributed by atoms with Crippen molar-refractivity contribution in [1.82, 2.24) is 0 Å². The van der Waals surface area contributed by atoms with Crippen molar-refractivity contribution in [2.45, 2.75) is 33.1 Å². The van der Waals surface area contributed by atoms with Crippen LogP contribution in [0.25, 0.3) is 0 Å². The molecule has 1 unspecified atom stereocenters. The standard InChI is InChI=1S/C11H16O3/c1-3-14-11(13)7-9-5-4-8(2)6-10(9)12/h6,9H,3-5,7H2,1-2H3. The number of carbonyl (C=O) groups is 2. The van der Waals surface area contributed by atoms with E-state index in [0.29, 0.717) is 6.61 Å². The Labute approximate surface area is 84.1 Å². The molecule has 0 N–H and O–H groups in total. The third kappa shape index (κ3) is 2.98. The van der Waals surface area contributed by atoms with Gasteiger partial charge in [-0.3, -0.25) is 9.59 Å². The van der Waals surface area contributed by atoms with Gasteiger partial charge in [0.1, 0.15) is 0 Å². The van der Waals surface area contributed by atoms with E-state index in [1.165, 1.54) is 0 Å². The molecular weight excluding hydrogens is 180 g/mol. The summed E-state index contributed by atoms with van der Waals surface area (Å²) in [7, 11) is 0. The second-order valence-electron chi connectivity index (χ2n) is 3.64. The van der Waals surface area contributed by atoms with E-state index in [9.17, 15) is 9.59 Å². The van der Waals surface area contributed by atoms with Gasteiger partial charge in [-0.15, -0.1) is 0 Å². The average molecular weight is 196 g/mol. The Hall–Kier alpha value is -1.12. The maximum Gasteiger partial charge on any atom is 0.306 e. The second kappa shape index (κ2) is 4.94. The highest BCUT2D eigenvalue weighted by Gasteiger charge is 2.23. The van der Waals surface area contributed by atoms with Gasteiger partial charge in [-0.2, -0.15) is 0 Å². The third-order valence-corrected chi connectivity index (χ3v) is 2.40. The van der Waals surface area contributed by atoms with Crippen molar-refractivity contribution in [1.29, 1.82) is 0 Å². The van der Waals surface area contributed by atoms with E-state index in [1.54, 1.807) is 13.0 Å². The Morgan fingerprint density at radius 3 is 2.93 bits per heavy atom. The van der Waals surface area contributed by atoms with E-state index >= 15 is 0 Å². The molecule has 0 bridgehead atoms. The molecule has 0 aromatic carbocycles. The average Bonchev–Trinajstić information content (AvgIpc) is 2.10. The number of carbonyl (C=O) groups excluding carboxylic acids is 2. The van der Waals surface area contributed by atoms with Crippen molar-refractivity contribution in [2.24, 2.45) is 5.92 Å². The van der Waals surface area contributed by atoms with Crippen molar-refractivity contribution in [3.05, 3.63) is 11.6 Å². The van der Waals surface area contributed by atoms with E-state index < -0.39 is 0 Å². The number of hydrogen-bond acceptors (Lipinski definition) is 3. The van der Waals surface area contributed by atoms with Gasteiger partial charge in [-0.25, -0.2) is 0 Å². The smallest absolute Gasteiger partial charge is 0.306 e. The van der Waals surface area contributed by atoms with Gasteiger partial charge >= 0.3 is 5.97 Å². The van der Waals surface area contributed by atoms with Crippen LogP contribution in [-0.2, 0) is 14.3 Å². The number of esters is 1. The first-order chi connectivity index (χ1) is 6.63. The van der Waals surface area contributed by atoms with Crippen molar-refractivity contribution in [2.75, 3.05) is 6.61 Å². The molecule has 0 amide bonds. The monoisotopic (exact) mass is 196 g/mol. The molecule has 0 spiro atoms. The molecular formula is C11H16O3. The molecule has 0 saturated heterocycles. The number of ketones is 1. The van der Waals surface area contributed by atoms with E-state index in [2.05, 4.69) is 0 Å². The van der Waals surface area contributed by atoms with Crippen LogP contribution < -0.4 is 0 Å². The van der Waals surface area contributed by atoms with E-state index in [0.717, 1.165) is 18.4 Å². The zero-order valence-electron chi connectivity index (χ0n) is 8.71. The van der Waals surface area contributed by atoms with Crippen LogP contribution in [0.1, 0.15) is 33.1 Å². The van der Waals surface area contributed by atoms with Crippen LogP contribution in [0.3, 0.4) is 0 Å². The molecule has 0 radical (unpaired) electrons. The molecule has 3 heteroatoms. The number of hydrogen-bond donors (Lipinski definition) is 0. The highest BCUT2D eigenvalue weighted by Crippen LogP contribution is 2.23. The lowest BCUT2D eigenvalue weighted by Gasteiger charge is -2.17.